The maximum Gasteiger partial charge on any atom is 0.282 e. The molecule has 0 radical (unpaired) electrons. The highest BCUT2D eigenvalue weighted by Crippen LogP contribution is 2.27. The molecule has 3 aromatic rings. The lowest BCUT2D eigenvalue weighted by atomic mass is 10.1. The number of benzene rings is 2. The Labute approximate surface area is 169 Å². The van der Waals surface area contributed by atoms with Crippen LogP contribution in [0.4, 0.5) is 10.1 Å². The summed E-state index contributed by atoms with van der Waals surface area (Å²) in [5, 5.41) is 7.78. The molecule has 2 N–H and O–H groups in total. The molecule has 0 bridgehead atoms. The molecule has 2 aromatic carbocycles. The van der Waals surface area contributed by atoms with Crippen LogP contribution in [0.25, 0.3) is 27.8 Å². The number of carbonyl (C=O) groups is 1. The summed E-state index contributed by atoms with van der Waals surface area (Å²) < 4.78 is 17.0. The SMILES string of the molecule is Cn1cccc1C(=O)Nc1ccc(-n2nc3c4cccc(F)c4[nH]cc-3c2=O)cc1. The molecule has 0 aliphatic carbocycles. The van der Waals surface area contributed by atoms with Crippen molar-refractivity contribution in [3.63, 3.8) is 0 Å². The van der Waals surface area contributed by atoms with E-state index in [1.165, 1.54) is 16.9 Å². The normalized spacial score (nSPS) is 11.3. The van der Waals surface area contributed by atoms with Gasteiger partial charge in [-0.3, -0.25) is 9.59 Å². The van der Waals surface area contributed by atoms with Crippen LogP contribution in [0.5, 0.6) is 0 Å². The lowest BCUT2D eigenvalue weighted by Crippen LogP contribution is -2.16. The Morgan fingerprint density at radius 2 is 1.90 bits per heavy atom. The number of aromatic amines is 1. The van der Waals surface area contributed by atoms with E-state index < -0.39 is 5.82 Å². The topological polar surface area (TPSA) is 84.7 Å². The standard InChI is InChI=1S/C22H16FN5O2/c1-27-11-3-6-18(27)21(29)25-13-7-9-14(10-8-13)28-22(30)16-12-24-20-15(19(16)26-28)4-2-5-17(20)23/h2-12,24H,1H3,(H,25,29). The summed E-state index contributed by atoms with van der Waals surface area (Å²) in [7, 11) is 1.79. The van der Waals surface area contributed by atoms with E-state index in [0.29, 0.717) is 39.2 Å². The second-order valence-electron chi connectivity index (χ2n) is 6.94. The highest BCUT2D eigenvalue weighted by molar-refractivity contribution is 6.03. The van der Waals surface area contributed by atoms with Crippen LogP contribution in [0.3, 0.4) is 0 Å². The van der Waals surface area contributed by atoms with E-state index in [4.69, 9.17) is 0 Å². The van der Waals surface area contributed by atoms with Crippen LogP contribution in [0, 0.1) is 5.82 Å². The molecule has 0 atom stereocenters. The second kappa shape index (κ2) is 6.70. The molecule has 0 fully saturated rings. The molecule has 1 amide bonds. The van der Waals surface area contributed by atoms with Gasteiger partial charge in [0.15, 0.2) is 0 Å². The molecule has 5 rings (SSSR count). The Morgan fingerprint density at radius 3 is 2.63 bits per heavy atom. The van der Waals surface area contributed by atoms with Gasteiger partial charge in [-0.1, -0.05) is 12.1 Å². The number of rotatable bonds is 3. The number of hydrogen-bond acceptors (Lipinski definition) is 3. The van der Waals surface area contributed by atoms with E-state index in [2.05, 4.69) is 15.4 Å². The van der Waals surface area contributed by atoms with Crippen molar-refractivity contribution in [3.05, 3.63) is 88.9 Å². The van der Waals surface area contributed by atoms with E-state index in [9.17, 15) is 14.0 Å². The number of amides is 1. The number of para-hydroxylation sites is 1. The first kappa shape index (κ1) is 17.9. The Bertz CT molecular complexity index is 1430. The van der Waals surface area contributed by atoms with Crippen LogP contribution in [-0.4, -0.2) is 25.2 Å². The van der Waals surface area contributed by atoms with Gasteiger partial charge in [0.05, 0.1) is 16.8 Å². The van der Waals surface area contributed by atoms with Crippen molar-refractivity contribution in [1.82, 2.24) is 19.3 Å². The quantitative estimate of drug-likeness (QED) is 0.485. The number of halogens is 1. The van der Waals surface area contributed by atoms with Gasteiger partial charge in [0.2, 0.25) is 0 Å². The maximum atomic E-state index is 14.0. The number of anilines is 1. The molecule has 0 spiro atoms. The lowest BCUT2D eigenvalue weighted by molar-refractivity contribution is 0.101. The Balaban J connectivity index is 1.51. The average Bonchev–Trinajstić information content (AvgIpc) is 3.32. The van der Waals surface area contributed by atoms with Crippen molar-refractivity contribution >= 4 is 22.5 Å². The largest absolute Gasteiger partial charge is 0.358 e. The summed E-state index contributed by atoms with van der Waals surface area (Å²) in [4.78, 5) is 28.0. The van der Waals surface area contributed by atoms with Crippen molar-refractivity contribution < 1.29 is 9.18 Å². The molecular weight excluding hydrogens is 385 g/mol. The third-order valence-corrected chi connectivity index (χ3v) is 5.05. The second-order valence-corrected chi connectivity index (χ2v) is 6.94. The number of hydrogen-bond donors (Lipinski definition) is 2. The maximum absolute atomic E-state index is 14.0. The summed E-state index contributed by atoms with van der Waals surface area (Å²) in [5.41, 5.74) is 2.45. The van der Waals surface area contributed by atoms with Crippen molar-refractivity contribution in [2.75, 3.05) is 5.32 Å². The van der Waals surface area contributed by atoms with Gasteiger partial charge in [-0.15, -0.1) is 0 Å². The monoisotopic (exact) mass is 401 g/mol. The number of H-pyrrole nitrogens is 1. The van der Waals surface area contributed by atoms with Crippen LogP contribution < -0.4 is 10.9 Å². The van der Waals surface area contributed by atoms with Crippen molar-refractivity contribution in [2.24, 2.45) is 7.05 Å². The molecule has 7 nitrogen and oxygen atoms in total. The van der Waals surface area contributed by atoms with Crippen molar-refractivity contribution in [3.8, 4) is 16.9 Å². The number of aryl methyl sites for hydroxylation is 1. The molecule has 2 aliphatic heterocycles. The smallest absolute Gasteiger partial charge is 0.282 e. The first-order chi connectivity index (χ1) is 14.5. The molecular formula is C22H16FN5O2. The van der Waals surface area contributed by atoms with Crippen molar-refractivity contribution in [2.45, 2.75) is 0 Å². The van der Waals surface area contributed by atoms with Gasteiger partial charge in [-0.05, 0) is 42.5 Å². The number of pyridine rings is 1. The van der Waals surface area contributed by atoms with Crippen molar-refractivity contribution in [1.29, 1.82) is 0 Å². The summed E-state index contributed by atoms with van der Waals surface area (Å²) in [6.45, 7) is 0. The zero-order chi connectivity index (χ0) is 20.8. The van der Waals surface area contributed by atoms with E-state index in [1.54, 1.807) is 66.3 Å². The van der Waals surface area contributed by atoms with Gasteiger partial charge < -0.3 is 14.9 Å². The fraction of sp³-hybridized carbons (Fsp3) is 0.0455. The number of carbonyl (C=O) groups excluding carboxylic acids is 1. The Morgan fingerprint density at radius 1 is 1.10 bits per heavy atom. The third kappa shape index (κ3) is 2.77. The fourth-order valence-corrected chi connectivity index (χ4v) is 3.51. The highest BCUT2D eigenvalue weighted by atomic mass is 19.1. The Hall–Kier alpha value is -4.20. The van der Waals surface area contributed by atoms with E-state index in [0.717, 1.165) is 0 Å². The fourth-order valence-electron chi connectivity index (χ4n) is 3.51. The van der Waals surface area contributed by atoms with E-state index in [-0.39, 0.29) is 11.5 Å². The molecule has 2 aliphatic rings. The molecule has 8 heteroatoms. The van der Waals surface area contributed by atoms with Crippen LogP contribution in [0.15, 0.2) is 71.8 Å². The van der Waals surface area contributed by atoms with Crippen LogP contribution in [-0.2, 0) is 7.05 Å². The van der Waals surface area contributed by atoms with Crippen LogP contribution >= 0.6 is 0 Å². The number of fused-ring (bicyclic) bond motifs is 3. The zero-order valence-corrected chi connectivity index (χ0v) is 15.9. The lowest BCUT2D eigenvalue weighted by Gasteiger charge is -2.07. The van der Waals surface area contributed by atoms with Crippen LogP contribution in [0.1, 0.15) is 10.5 Å². The zero-order valence-electron chi connectivity index (χ0n) is 15.9. The predicted octanol–water partition coefficient (Wildman–Crippen LogP) is 3.55. The summed E-state index contributed by atoms with van der Waals surface area (Å²) >= 11 is 0. The first-order valence-electron chi connectivity index (χ1n) is 9.25. The minimum absolute atomic E-state index is 0.228. The Kier molecular flexibility index (Phi) is 3.99. The summed E-state index contributed by atoms with van der Waals surface area (Å²) in [5.74, 6) is -0.636. The number of nitrogens with zero attached hydrogens (tertiary/aromatic N) is 3. The first-order valence-corrected chi connectivity index (χ1v) is 9.25. The van der Waals surface area contributed by atoms with E-state index in [1.807, 2.05) is 0 Å². The molecule has 148 valence electrons. The molecule has 3 heterocycles. The van der Waals surface area contributed by atoms with Crippen LogP contribution in [0.2, 0.25) is 0 Å². The number of nitrogens with one attached hydrogen (secondary N) is 2. The summed E-state index contributed by atoms with van der Waals surface area (Å²) in [6, 6.07) is 15.0. The molecule has 0 saturated heterocycles. The summed E-state index contributed by atoms with van der Waals surface area (Å²) in [6.07, 6.45) is 3.27. The molecule has 0 unspecified atom stereocenters. The van der Waals surface area contributed by atoms with Gasteiger partial charge in [0, 0.05) is 30.5 Å². The minimum atomic E-state index is -0.408. The van der Waals surface area contributed by atoms with Gasteiger partial charge in [0.25, 0.3) is 11.5 Å². The molecule has 0 saturated carbocycles. The average molecular weight is 401 g/mol. The van der Waals surface area contributed by atoms with Gasteiger partial charge in [0.1, 0.15) is 17.2 Å². The molecule has 30 heavy (non-hydrogen) atoms. The number of aromatic nitrogens is 4. The third-order valence-electron chi connectivity index (χ3n) is 5.05. The van der Waals surface area contributed by atoms with Gasteiger partial charge in [-0.25, -0.2) is 4.39 Å². The highest BCUT2D eigenvalue weighted by Gasteiger charge is 2.20. The van der Waals surface area contributed by atoms with Gasteiger partial charge >= 0.3 is 0 Å². The predicted molar refractivity (Wildman–Crippen MR) is 112 cm³/mol. The minimum Gasteiger partial charge on any atom is -0.358 e. The van der Waals surface area contributed by atoms with E-state index >= 15 is 0 Å². The van der Waals surface area contributed by atoms with Gasteiger partial charge in [-0.2, -0.15) is 9.78 Å². The molecule has 1 aromatic heterocycles.